The molecule has 0 radical (unpaired) electrons. The van der Waals surface area contributed by atoms with E-state index < -0.39 is 0 Å². The molecule has 25 heavy (non-hydrogen) atoms. The van der Waals surface area contributed by atoms with Crippen LogP contribution in [0.1, 0.15) is 24.1 Å². The average Bonchev–Trinajstić information content (AvgIpc) is 2.61. The molecule has 4 heteroatoms. The molecule has 3 aromatic carbocycles. The molecule has 0 heterocycles. The van der Waals surface area contributed by atoms with Gasteiger partial charge >= 0.3 is 0 Å². The van der Waals surface area contributed by atoms with E-state index in [2.05, 4.69) is 63.8 Å². The second kappa shape index (κ2) is 7.81. The lowest BCUT2D eigenvalue weighted by molar-refractivity contribution is -0.115. The van der Waals surface area contributed by atoms with Crippen LogP contribution in [0.15, 0.2) is 65.1 Å². The molecule has 0 unspecified atom stereocenters. The lowest BCUT2D eigenvalue weighted by atomic mass is 10.00. The van der Waals surface area contributed by atoms with Gasteiger partial charge in [-0.15, -0.1) is 0 Å². The van der Waals surface area contributed by atoms with Gasteiger partial charge in [0.05, 0.1) is 6.54 Å². The van der Waals surface area contributed by atoms with Crippen molar-refractivity contribution in [2.75, 3.05) is 11.9 Å². The summed E-state index contributed by atoms with van der Waals surface area (Å²) in [5, 5.41) is 8.71. The van der Waals surface area contributed by atoms with E-state index in [4.69, 9.17) is 0 Å². The Labute approximate surface area is 156 Å². The van der Waals surface area contributed by atoms with E-state index in [9.17, 15) is 4.79 Å². The SMILES string of the molecule is Cc1cc(Br)ccc1NC(=O)CN[C@@H](C)c1cccc2ccccc12. The fourth-order valence-corrected chi connectivity index (χ4v) is 3.42. The minimum atomic E-state index is -0.0440. The number of aryl methyl sites for hydroxylation is 1. The maximum absolute atomic E-state index is 12.3. The molecule has 3 rings (SSSR count). The minimum Gasteiger partial charge on any atom is -0.325 e. The van der Waals surface area contributed by atoms with Gasteiger partial charge in [0.2, 0.25) is 5.91 Å². The molecule has 2 N–H and O–H groups in total. The Bertz CT molecular complexity index is 902. The van der Waals surface area contributed by atoms with E-state index >= 15 is 0 Å². The van der Waals surface area contributed by atoms with Crippen molar-refractivity contribution in [1.82, 2.24) is 5.32 Å². The van der Waals surface area contributed by atoms with Crippen molar-refractivity contribution in [2.24, 2.45) is 0 Å². The molecular weight excluding hydrogens is 376 g/mol. The van der Waals surface area contributed by atoms with Gasteiger partial charge in [0, 0.05) is 16.2 Å². The molecule has 1 amide bonds. The summed E-state index contributed by atoms with van der Waals surface area (Å²) in [6, 6.07) is 20.5. The average molecular weight is 397 g/mol. The highest BCUT2D eigenvalue weighted by Crippen LogP contribution is 2.24. The Kier molecular flexibility index (Phi) is 5.51. The van der Waals surface area contributed by atoms with Gasteiger partial charge in [-0.05, 0) is 53.9 Å². The highest BCUT2D eigenvalue weighted by atomic mass is 79.9. The van der Waals surface area contributed by atoms with Crippen molar-refractivity contribution < 1.29 is 4.79 Å². The fourth-order valence-electron chi connectivity index (χ4n) is 2.95. The third-order valence-corrected chi connectivity index (χ3v) is 4.81. The number of hydrogen-bond donors (Lipinski definition) is 2. The molecule has 0 bridgehead atoms. The van der Waals surface area contributed by atoms with Crippen LogP contribution < -0.4 is 10.6 Å². The van der Waals surface area contributed by atoms with Crippen LogP contribution in [0.25, 0.3) is 10.8 Å². The van der Waals surface area contributed by atoms with Gasteiger partial charge in [-0.1, -0.05) is 58.4 Å². The van der Waals surface area contributed by atoms with Crippen molar-refractivity contribution in [2.45, 2.75) is 19.9 Å². The molecule has 3 aromatic rings. The van der Waals surface area contributed by atoms with E-state index in [1.165, 1.54) is 16.3 Å². The summed E-state index contributed by atoms with van der Waals surface area (Å²) in [7, 11) is 0. The predicted octanol–water partition coefficient (Wildman–Crippen LogP) is 5.20. The first-order chi connectivity index (χ1) is 12.0. The molecule has 0 aliphatic heterocycles. The summed E-state index contributed by atoms with van der Waals surface area (Å²) in [5.74, 6) is -0.0440. The summed E-state index contributed by atoms with van der Waals surface area (Å²) >= 11 is 3.43. The summed E-state index contributed by atoms with van der Waals surface area (Å²) in [4.78, 5) is 12.3. The van der Waals surface area contributed by atoms with E-state index in [0.717, 1.165) is 15.7 Å². The van der Waals surface area contributed by atoms with Gasteiger partial charge in [-0.2, -0.15) is 0 Å². The number of hydrogen-bond acceptors (Lipinski definition) is 2. The van der Waals surface area contributed by atoms with Crippen molar-refractivity contribution in [1.29, 1.82) is 0 Å². The maximum atomic E-state index is 12.3. The number of fused-ring (bicyclic) bond motifs is 1. The minimum absolute atomic E-state index is 0.0440. The number of rotatable bonds is 5. The molecule has 0 saturated carbocycles. The first kappa shape index (κ1) is 17.6. The van der Waals surface area contributed by atoms with Gasteiger partial charge in [0.25, 0.3) is 0 Å². The standard InChI is InChI=1S/C21H21BrN2O/c1-14-12-17(22)10-11-20(14)24-21(25)13-23-15(2)18-9-5-7-16-6-3-4-8-19(16)18/h3-12,15,23H,13H2,1-2H3,(H,24,25)/t15-/m0/s1. The number of carbonyl (C=O) groups is 1. The Balaban J connectivity index is 1.65. The number of halogens is 1. The van der Waals surface area contributed by atoms with Crippen molar-refractivity contribution >= 4 is 38.3 Å². The lowest BCUT2D eigenvalue weighted by Crippen LogP contribution is -2.30. The van der Waals surface area contributed by atoms with Gasteiger partial charge in [0.1, 0.15) is 0 Å². The lowest BCUT2D eigenvalue weighted by Gasteiger charge is -2.17. The zero-order valence-electron chi connectivity index (χ0n) is 14.3. The topological polar surface area (TPSA) is 41.1 Å². The maximum Gasteiger partial charge on any atom is 0.238 e. The molecule has 0 spiro atoms. The number of anilines is 1. The highest BCUT2D eigenvalue weighted by Gasteiger charge is 2.11. The summed E-state index contributed by atoms with van der Waals surface area (Å²) in [6.45, 7) is 4.33. The van der Waals surface area contributed by atoms with E-state index in [0.29, 0.717) is 0 Å². The van der Waals surface area contributed by atoms with Crippen LogP contribution in [-0.4, -0.2) is 12.5 Å². The molecule has 0 saturated heterocycles. The summed E-state index contributed by atoms with van der Waals surface area (Å²) in [6.07, 6.45) is 0. The largest absolute Gasteiger partial charge is 0.325 e. The number of nitrogens with one attached hydrogen (secondary N) is 2. The quantitative estimate of drug-likeness (QED) is 0.621. The second-order valence-corrected chi connectivity index (χ2v) is 7.09. The third kappa shape index (κ3) is 4.27. The van der Waals surface area contributed by atoms with Gasteiger partial charge in [-0.3, -0.25) is 4.79 Å². The van der Waals surface area contributed by atoms with Gasteiger partial charge in [-0.25, -0.2) is 0 Å². The highest BCUT2D eigenvalue weighted by molar-refractivity contribution is 9.10. The van der Waals surface area contributed by atoms with Crippen LogP contribution in [0.3, 0.4) is 0 Å². The zero-order chi connectivity index (χ0) is 17.8. The smallest absolute Gasteiger partial charge is 0.238 e. The molecule has 128 valence electrons. The predicted molar refractivity (Wildman–Crippen MR) is 108 cm³/mol. The number of amides is 1. The fraction of sp³-hybridized carbons (Fsp3) is 0.190. The van der Waals surface area contributed by atoms with Gasteiger partial charge < -0.3 is 10.6 Å². The Morgan fingerprint density at radius 1 is 1.08 bits per heavy atom. The molecule has 0 aromatic heterocycles. The molecule has 0 aliphatic carbocycles. The van der Waals surface area contributed by atoms with Crippen molar-refractivity contribution in [3.8, 4) is 0 Å². The van der Waals surface area contributed by atoms with E-state index in [-0.39, 0.29) is 18.5 Å². The van der Waals surface area contributed by atoms with Crippen LogP contribution in [0.2, 0.25) is 0 Å². The van der Waals surface area contributed by atoms with E-state index in [1.807, 2.05) is 37.3 Å². The molecule has 0 fully saturated rings. The van der Waals surface area contributed by atoms with Crippen molar-refractivity contribution in [3.05, 3.63) is 76.3 Å². The molecule has 3 nitrogen and oxygen atoms in total. The third-order valence-electron chi connectivity index (χ3n) is 4.32. The van der Waals surface area contributed by atoms with Crippen LogP contribution >= 0.6 is 15.9 Å². The van der Waals surface area contributed by atoms with Gasteiger partial charge in [0.15, 0.2) is 0 Å². The molecule has 0 aliphatic rings. The summed E-state index contributed by atoms with van der Waals surface area (Å²) < 4.78 is 1.01. The Hall–Kier alpha value is -2.17. The van der Waals surface area contributed by atoms with Crippen LogP contribution in [0.4, 0.5) is 5.69 Å². The van der Waals surface area contributed by atoms with E-state index in [1.54, 1.807) is 0 Å². The van der Waals surface area contributed by atoms with Crippen LogP contribution in [-0.2, 0) is 4.79 Å². The normalized spacial score (nSPS) is 12.1. The van der Waals surface area contributed by atoms with Crippen molar-refractivity contribution in [3.63, 3.8) is 0 Å². The Morgan fingerprint density at radius 2 is 1.84 bits per heavy atom. The van der Waals surface area contributed by atoms with Crippen LogP contribution in [0.5, 0.6) is 0 Å². The molecular formula is C21H21BrN2O. The van der Waals surface area contributed by atoms with Crippen LogP contribution in [0, 0.1) is 6.92 Å². The number of carbonyl (C=O) groups excluding carboxylic acids is 1. The number of benzene rings is 3. The summed E-state index contributed by atoms with van der Waals surface area (Å²) in [5.41, 5.74) is 3.07. The Morgan fingerprint density at radius 3 is 2.64 bits per heavy atom. The second-order valence-electron chi connectivity index (χ2n) is 6.18. The first-order valence-corrected chi connectivity index (χ1v) is 9.11. The monoisotopic (exact) mass is 396 g/mol. The first-order valence-electron chi connectivity index (χ1n) is 8.31. The molecule has 1 atom stereocenters. The zero-order valence-corrected chi connectivity index (χ0v) is 15.9.